The largest absolute Gasteiger partial charge is 0.345 e. The molecular formula is C17H21N3O. The van der Waals surface area contributed by atoms with Crippen molar-refractivity contribution in [2.75, 3.05) is 0 Å². The van der Waals surface area contributed by atoms with Gasteiger partial charge in [0.05, 0.1) is 12.1 Å². The van der Waals surface area contributed by atoms with E-state index in [4.69, 9.17) is 0 Å². The number of benzene rings is 1. The molecule has 0 aliphatic carbocycles. The van der Waals surface area contributed by atoms with E-state index in [1.165, 1.54) is 5.56 Å². The molecule has 0 bridgehead atoms. The van der Waals surface area contributed by atoms with Crippen LogP contribution in [0.2, 0.25) is 0 Å². The van der Waals surface area contributed by atoms with E-state index in [0.29, 0.717) is 13.0 Å². The van der Waals surface area contributed by atoms with Gasteiger partial charge in [0.25, 0.3) is 0 Å². The molecule has 4 heteroatoms. The zero-order valence-corrected chi connectivity index (χ0v) is 12.6. The molecule has 0 saturated heterocycles. The SMILES string of the molecule is CC[C@@H]1Cc2nc(C)[nH]c2CC(=O)N1Cc1ccccc1. The number of amides is 1. The molecule has 1 N–H and O–H groups in total. The van der Waals surface area contributed by atoms with Crippen molar-refractivity contribution in [1.29, 1.82) is 0 Å². The van der Waals surface area contributed by atoms with Gasteiger partial charge in [0.1, 0.15) is 5.82 Å². The number of aryl methyl sites for hydroxylation is 1. The van der Waals surface area contributed by atoms with Crippen LogP contribution in [0.25, 0.3) is 0 Å². The summed E-state index contributed by atoms with van der Waals surface area (Å²) < 4.78 is 0. The highest BCUT2D eigenvalue weighted by Gasteiger charge is 2.29. The summed E-state index contributed by atoms with van der Waals surface area (Å²) in [6.45, 7) is 4.77. The second-order valence-corrected chi connectivity index (χ2v) is 5.70. The molecule has 2 aromatic rings. The molecule has 0 fully saturated rings. The average molecular weight is 283 g/mol. The Balaban J connectivity index is 1.87. The van der Waals surface area contributed by atoms with Gasteiger partial charge in [-0.2, -0.15) is 0 Å². The minimum Gasteiger partial charge on any atom is -0.345 e. The topological polar surface area (TPSA) is 49.0 Å². The molecule has 110 valence electrons. The number of nitrogens with one attached hydrogen (secondary N) is 1. The summed E-state index contributed by atoms with van der Waals surface area (Å²) in [6.07, 6.45) is 2.22. The van der Waals surface area contributed by atoms with Gasteiger partial charge in [-0.05, 0) is 18.9 Å². The monoisotopic (exact) mass is 283 g/mol. The van der Waals surface area contributed by atoms with Crippen LogP contribution in [0.5, 0.6) is 0 Å². The quantitative estimate of drug-likeness (QED) is 0.941. The lowest BCUT2D eigenvalue weighted by molar-refractivity contribution is -0.133. The minimum atomic E-state index is 0.188. The third kappa shape index (κ3) is 2.84. The van der Waals surface area contributed by atoms with Crippen molar-refractivity contribution in [3.05, 3.63) is 53.1 Å². The average Bonchev–Trinajstić information content (AvgIpc) is 2.77. The van der Waals surface area contributed by atoms with Crippen molar-refractivity contribution in [2.45, 2.75) is 45.7 Å². The van der Waals surface area contributed by atoms with E-state index in [0.717, 1.165) is 30.1 Å². The molecule has 4 nitrogen and oxygen atoms in total. The number of H-pyrrole nitrogens is 1. The van der Waals surface area contributed by atoms with Crippen LogP contribution >= 0.6 is 0 Å². The maximum Gasteiger partial charge on any atom is 0.229 e. The van der Waals surface area contributed by atoms with Gasteiger partial charge in [0.2, 0.25) is 5.91 Å². The van der Waals surface area contributed by atoms with Crippen LogP contribution in [0.15, 0.2) is 30.3 Å². The number of carbonyl (C=O) groups excluding carboxylic acids is 1. The molecule has 3 rings (SSSR count). The minimum absolute atomic E-state index is 0.188. The Morgan fingerprint density at radius 3 is 2.81 bits per heavy atom. The van der Waals surface area contributed by atoms with E-state index in [9.17, 15) is 4.79 Å². The maximum atomic E-state index is 12.6. The van der Waals surface area contributed by atoms with Gasteiger partial charge in [-0.1, -0.05) is 37.3 Å². The van der Waals surface area contributed by atoms with Gasteiger partial charge in [-0.25, -0.2) is 4.98 Å². The van der Waals surface area contributed by atoms with Crippen LogP contribution in [0.1, 0.15) is 36.1 Å². The smallest absolute Gasteiger partial charge is 0.229 e. The summed E-state index contributed by atoms with van der Waals surface area (Å²) >= 11 is 0. The molecule has 2 heterocycles. The highest BCUT2D eigenvalue weighted by Crippen LogP contribution is 2.22. The van der Waals surface area contributed by atoms with Crippen LogP contribution in [-0.4, -0.2) is 26.8 Å². The standard InChI is InChI=1S/C17H21N3O/c1-3-14-9-15-16(19-12(2)18-15)10-17(21)20(14)11-13-7-5-4-6-8-13/h4-8,14H,3,9-11H2,1-2H3,(H,18,19)/t14-/m1/s1. The third-order valence-electron chi connectivity index (χ3n) is 4.17. The normalized spacial score (nSPS) is 18.5. The summed E-state index contributed by atoms with van der Waals surface area (Å²) in [6, 6.07) is 10.4. The van der Waals surface area contributed by atoms with Crippen LogP contribution < -0.4 is 0 Å². The summed E-state index contributed by atoms with van der Waals surface area (Å²) in [5, 5.41) is 0. The Kier molecular flexibility index (Phi) is 3.78. The van der Waals surface area contributed by atoms with Crippen LogP contribution in [0.3, 0.4) is 0 Å². The number of aromatic amines is 1. The molecule has 1 aromatic carbocycles. The van der Waals surface area contributed by atoms with E-state index in [1.807, 2.05) is 30.0 Å². The van der Waals surface area contributed by atoms with Gasteiger partial charge in [0.15, 0.2) is 0 Å². The second-order valence-electron chi connectivity index (χ2n) is 5.70. The number of fused-ring (bicyclic) bond motifs is 1. The predicted molar refractivity (Wildman–Crippen MR) is 81.8 cm³/mol. The van der Waals surface area contributed by atoms with Crippen molar-refractivity contribution in [3.8, 4) is 0 Å². The van der Waals surface area contributed by atoms with Crippen LogP contribution in [0, 0.1) is 6.92 Å². The van der Waals surface area contributed by atoms with Gasteiger partial charge in [-0.3, -0.25) is 4.79 Å². The zero-order chi connectivity index (χ0) is 14.8. The maximum absolute atomic E-state index is 12.6. The molecule has 1 aromatic heterocycles. The fourth-order valence-corrected chi connectivity index (χ4v) is 3.06. The molecule has 1 atom stereocenters. The zero-order valence-electron chi connectivity index (χ0n) is 12.6. The Hall–Kier alpha value is -2.10. The first kappa shape index (κ1) is 13.9. The number of nitrogens with zero attached hydrogens (tertiary/aromatic N) is 2. The highest BCUT2D eigenvalue weighted by atomic mass is 16.2. The second kappa shape index (κ2) is 5.72. The van der Waals surface area contributed by atoms with Crippen LogP contribution in [-0.2, 0) is 24.2 Å². The fourth-order valence-electron chi connectivity index (χ4n) is 3.06. The van der Waals surface area contributed by atoms with E-state index < -0.39 is 0 Å². The van der Waals surface area contributed by atoms with E-state index in [1.54, 1.807) is 0 Å². The Bertz CT molecular complexity index is 633. The molecule has 1 aliphatic rings. The lowest BCUT2D eigenvalue weighted by Crippen LogP contribution is -2.40. The molecule has 0 unspecified atom stereocenters. The summed E-state index contributed by atoms with van der Waals surface area (Å²) in [7, 11) is 0. The lowest BCUT2D eigenvalue weighted by Gasteiger charge is -2.29. The van der Waals surface area contributed by atoms with Crippen molar-refractivity contribution in [3.63, 3.8) is 0 Å². The molecule has 0 spiro atoms. The van der Waals surface area contributed by atoms with Crippen molar-refractivity contribution in [2.24, 2.45) is 0 Å². The third-order valence-corrected chi connectivity index (χ3v) is 4.17. The Morgan fingerprint density at radius 2 is 2.10 bits per heavy atom. The first-order valence-electron chi connectivity index (χ1n) is 7.55. The van der Waals surface area contributed by atoms with E-state index in [-0.39, 0.29) is 11.9 Å². The number of carbonyl (C=O) groups is 1. The number of imidazole rings is 1. The van der Waals surface area contributed by atoms with Gasteiger partial charge < -0.3 is 9.88 Å². The lowest BCUT2D eigenvalue weighted by atomic mass is 10.1. The number of aromatic nitrogens is 2. The molecule has 1 amide bonds. The van der Waals surface area contributed by atoms with Crippen molar-refractivity contribution in [1.82, 2.24) is 14.9 Å². The van der Waals surface area contributed by atoms with E-state index >= 15 is 0 Å². The first-order valence-corrected chi connectivity index (χ1v) is 7.55. The van der Waals surface area contributed by atoms with Crippen molar-refractivity contribution >= 4 is 5.91 Å². The summed E-state index contributed by atoms with van der Waals surface area (Å²) in [4.78, 5) is 22.4. The molecule has 1 aliphatic heterocycles. The van der Waals surface area contributed by atoms with Gasteiger partial charge in [-0.15, -0.1) is 0 Å². The van der Waals surface area contributed by atoms with Gasteiger partial charge >= 0.3 is 0 Å². The summed E-state index contributed by atoms with van der Waals surface area (Å²) in [5.41, 5.74) is 3.23. The predicted octanol–water partition coefficient (Wildman–Crippen LogP) is 2.62. The number of hydrogen-bond acceptors (Lipinski definition) is 2. The van der Waals surface area contributed by atoms with E-state index in [2.05, 4.69) is 29.0 Å². The number of rotatable bonds is 3. The van der Waals surface area contributed by atoms with Gasteiger partial charge in [0, 0.05) is 24.7 Å². The molecule has 0 saturated carbocycles. The Labute approximate surface area is 125 Å². The molecule has 0 radical (unpaired) electrons. The summed E-state index contributed by atoms with van der Waals surface area (Å²) in [5.74, 6) is 1.09. The fraction of sp³-hybridized carbons (Fsp3) is 0.412. The number of hydrogen-bond donors (Lipinski definition) is 1. The first-order chi connectivity index (χ1) is 10.2. The molecular weight excluding hydrogens is 262 g/mol. The van der Waals surface area contributed by atoms with Crippen LogP contribution in [0.4, 0.5) is 0 Å². The van der Waals surface area contributed by atoms with Crippen molar-refractivity contribution < 1.29 is 4.79 Å². The highest BCUT2D eigenvalue weighted by molar-refractivity contribution is 5.79. The Morgan fingerprint density at radius 1 is 1.33 bits per heavy atom. The molecule has 21 heavy (non-hydrogen) atoms.